The number of hydrogen-bond donors (Lipinski definition) is 1. The Hall–Kier alpha value is -2.44. The summed E-state index contributed by atoms with van der Waals surface area (Å²) >= 11 is 6.15. The zero-order valence-electron chi connectivity index (χ0n) is 15.5. The fourth-order valence-electron chi connectivity index (χ4n) is 3.06. The van der Waals surface area contributed by atoms with Gasteiger partial charge < -0.3 is 24.4 Å². The summed E-state index contributed by atoms with van der Waals surface area (Å²) in [5.41, 5.74) is 2.48. The maximum Gasteiger partial charge on any atom is 0.228 e. The molecule has 0 radical (unpaired) electrons. The number of rotatable bonds is 6. The van der Waals surface area contributed by atoms with E-state index in [-0.39, 0.29) is 12.3 Å². The van der Waals surface area contributed by atoms with Crippen LogP contribution in [0.4, 0.5) is 11.4 Å². The minimum absolute atomic E-state index is 0.126. The molecule has 6 nitrogen and oxygen atoms in total. The first-order valence-corrected chi connectivity index (χ1v) is 9.11. The maximum atomic E-state index is 12.6. The number of carbonyl (C=O) groups is 1. The van der Waals surface area contributed by atoms with Gasteiger partial charge in [0.1, 0.15) is 0 Å². The molecule has 3 rings (SSSR count). The van der Waals surface area contributed by atoms with Crippen LogP contribution in [0.2, 0.25) is 5.02 Å². The third-order valence-corrected chi connectivity index (χ3v) is 4.63. The van der Waals surface area contributed by atoms with Gasteiger partial charge in [-0.2, -0.15) is 0 Å². The van der Waals surface area contributed by atoms with Crippen molar-refractivity contribution in [3.05, 3.63) is 47.0 Å². The van der Waals surface area contributed by atoms with Crippen LogP contribution in [0.5, 0.6) is 11.5 Å². The molecular formula is C20H23ClN2O4. The predicted molar refractivity (Wildman–Crippen MR) is 106 cm³/mol. The van der Waals surface area contributed by atoms with Crippen molar-refractivity contribution in [1.82, 2.24) is 0 Å². The summed E-state index contributed by atoms with van der Waals surface area (Å²) in [5, 5.41) is 3.56. The molecule has 1 saturated heterocycles. The highest BCUT2D eigenvalue weighted by molar-refractivity contribution is 6.31. The van der Waals surface area contributed by atoms with Crippen molar-refractivity contribution in [1.29, 1.82) is 0 Å². The highest BCUT2D eigenvalue weighted by Gasteiger charge is 2.17. The normalized spacial score (nSPS) is 14.0. The van der Waals surface area contributed by atoms with Crippen molar-refractivity contribution < 1.29 is 19.0 Å². The number of carbonyl (C=O) groups excluding carboxylic acids is 1. The molecule has 7 heteroatoms. The lowest BCUT2D eigenvalue weighted by Crippen LogP contribution is -2.36. The van der Waals surface area contributed by atoms with Crippen LogP contribution < -0.4 is 19.7 Å². The molecule has 0 spiro atoms. The molecule has 1 aliphatic rings. The fourth-order valence-corrected chi connectivity index (χ4v) is 3.23. The van der Waals surface area contributed by atoms with E-state index in [0.717, 1.165) is 24.3 Å². The third kappa shape index (κ3) is 4.84. The second kappa shape index (κ2) is 8.97. The van der Waals surface area contributed by atoms with Crippen LogP contribution in [0, 0.1) is 0 Å². The molecule has 0 saturated carbocycles. The molecule has 1 amide bonds. The van der Waals surface area contributed by atoms with Crippen molar-refractivity contribution in [2.24, 2.45) is 0 Å². The van der Waals surface area contributed by atoms with E-state index in [1.807, 2.05) is 18.2 Å². The average Bonchev–Trinajstić information content (AvgIpc) is 2.68. The Morgan fingerprint density at radius 1 is 1.11 bits per heavy atom. The van der Waals surface area contributed by atoms with Gasteiger partial charge in [0.25, 0.3) is 0 Å². The minimum atomic E-state index is -0.126. The number of nitrogens with one attached hydrogen (secondary N) is 1. The Labute approximate surface area is 164 Å². The third-order valence-electron chi connectivity index (χ3n) is 4.40. The summed E-state index contributed by atoms with van der Waals surface area (Å²) in [5.74, 6) is 1.10. The van der Waals surface area contributed by atoms with E-state index in [2.05, 4.69) is 10.2 Å². The standard InChI is InChI=1S/C20H23ClN2O4/c1-25-18-6-3-14(11-19(18)26-2)12-20(24)22-16-13-15(21)4-5-17(16)23-7-9-27-10-8-23/h3-6,11,13H,7-10,12H2,1-2H3,(H,22,24). The van der Waals surface area contributed by atoms with E-state index in [1.165, 1.54) is 0 Å². The molecule has 1 fully saturated rings. The number of nitrogens with zero attached hydrogens (tertiary/aromatic N) is 1. The second-order valence-corrected chi connectivity index (χ2v) is 6.61. The van der Waals surface area contributed by atoms with Gasteiger partial charge in [-0.05, 0) is 35.9 Å². The van der Waals surface area contributed by atoms with E-state index in [0.29, 0.717) is 35.4 Å². The Balaban J connectivity index is 1.75. The van der Waals surface area contributed by atoms with Gasteiger partial charge >= 0.3 is 0 Å². The minimum Gasteiger partial charge on any atom is -0.493 e. The monoisotopic (exact) mass is 390 g/mol. The average molecular weight is 391 g/mol. The first-order valence-electron chi connectivity index (χ1n) is 8.73. The number of morpholine rings is 1. The Kier molecular flexibility index (Phi) is 6.42. The fraction of sp³-hybridized carbons (Fsp3) is 0.350. The van der Waals surface area contributed by atoms with Crippen molar-refractivity contribution in [2.45, 2.75) is 6.42 Å². The number of amides is 1. The summed E-state index contributed by atoms with van der Waals surface area (Å²) in [6.45, 7) is 2.89. The predicted octanol–water partition coefficient (Wildman–Crippen LogP) is 3.38. The molecule has 2 aromatic rings. The zero-order valence-corrected chi connectivity index (χ0v) is 16.2. The Bertz CT molecular complexity index is 807. The molecule has 0 atom stereocenters. The first-order chi connectivity index (χ1) is 13.1. The van der Waals surface area contributed by atoms with Crippen molar-refractivity contribution >= 4 is 28.9 Å². The molecule has 144 valence electrons. The number of ether oxygens (including phenoxy) is 3. The van der Waals surface area contributed by atoms with Crippen molar-refractivity contribution in [3.8, 4) is 11.5 Å². The van der Waals surface area contributed by atoms with Gasteiger partial charge in [0, 0.05) is 18.1 Å². The van der Waals surface area contributed by atoms with Gasteiger partial charge in [-0.1, -0.05) is 17.7 Å². The molecule has 1 heterocycles. The topological polar surface area (TPSA) is 60.0 Å². The highest BCUT2D eigenvalue weighted by atomic mass is 35.5. The van der Waals surface area contributed by atoms with Gasteiger partial charge in [0.2, 0.25) is 5.91 Å². The second-order valence-electron chi connectivity index (χ2n) is 6.18. The smallest absolute Gasteiger partial charge is 0.228 e. The lowest BCUT2D eigenvalue weighted by molar-refractivity contribution is -0.115. The Morgan fingerprint density at radius 2 is 1.85 bits per heavy atom. The molecule has 1 aliphatic heterocycles. The number of benzene rings is 2. The van der Waals surface area contributed by atoms with Crippen LogP contribution in [0.25, 0.3) is 0 Å². The van der Waals surface area contributed by atoms with Gasteiger partial charge in [-0.3, -0.25) is 4.79 Å². The largest absolute Gasteiger partial charge is 0.493 e. The highest BCUT2D eigenvalue weighted by Crippen LogP contribution is 2.31. The van der Waals surface area contributed by atoms with E-state index < -0.39 is 0 Å². The molecule has 0 aliphatic carbocycles. The maximum absolute atomic E-state index is 12.6. The van der Waals surface area contributed by atoms with E-state index in [4.69, 9.17) is 25.8 Å². The molecular weight excluding hydrogens is 368 g/mol. The number of methoxy groups -OCH3 is 2. The summed E-state index contributed by atoms with van der Waals surface area (Å²) < 4.78 is 15.9. The summed E-state index contributed by atoms with van der Waals surface area (Å²) in [6.07, 6.45) is 0.218. The van der Waals surface area contributed by atoms with Crippen LogP contribution in [0.3, 0.4) is 0 Å². The van der Waals surface area contributed by atoms with Crippen molar-refractivity contribution in [3.63, 3.8) is 0 Å². The lowest BCUT2D eigenvalue weighted by atomic mass is 10.1. The number of hydrogen-bond acceptors (Lipinski definition) is 5. The molecule has 2 aromatic carbocycles. The lowest BCUT2D eigenvalue weighted by Gasteiger charge is -2.30. The summed E-state index contributed by atoms with van der Waals surface area (Å²) in [6, 6.07) is 11.0. The van der Waals surface area contributed by atoms with Gasteiger partial charge in [-0.25, -0.2) is 0 Å². The summed E-state index contributed by atoms with van der Waals surface area (Å²) in [4.78, 5) is 14.8. The molecule has 0 bridgehead atoms. The molecule has 27 heavy (non-hydrogen) atoms. The number of anilines is 2. The van der Waals surface area contributed by atoms with Gasteiger partial charge in [0.05, 0.1) is 45.2 Å². The van der Waals surface area contributed by atoms with Gasteiger partial charge in [-0.15, -0.1) is 0 Å². The van der Waals surface area contributed by atoms with E-state index in [1.54, 1.807) is 32.4 Å². The van der Waals surface area contributed by atoms with E-state index >= 15 is 0 Å². The molecule has 1 N–H and O–H groups in total. The SMILES string of the molecule is COc1ccc(CC(=O)Nc2cc(Cl)ccc2N2CCOCC2)cc1OC. The van der Waals surface area contributed by atoms with Crippen molar-refractivity contribution in [2.75, 3.05) is 50.7 Å². The quantitative estimate of drug-likeness (QED) is 0.819. The molecule has 0 unspecified atom stereocenters. The first kappa shape index (κ1) is 19.3. The van der Waals surface area contributed by atoms with Crippen LogP contribution >= 0.6 is 11.6 Å². The zero-order chi connectivity index (χ0) is 19.2. The van der Waals surface area contributed by atoms with E-state index in [9.17, 15) is 4.79 Å². The Morgan fingerprint density at radius 3 is 2.56 bits per heavy atom. The van der Waals surface area contributed by atoms with Crippen LogP contribution in [0.1, 0.15) is 5.56 Å². The number of halogens is 1. The van der Waals surface area contributed by atoms with Gasteiger partial charge in [0.15, 0.2) is 11.5 Å². The van der Waals surface area contributed by atoms with Crippen LogP contribution in [-0.2, 0) is 16.0 Å². The van der Waals surface area contributed by atoms with Crippen LogP contribution in [0.15, 0.2) is 36.4 Å². The summed E-state index contributed by atoms with van der Waals surface area (Å²) in [7, 11) is 3.15. The molecule has 0 aromatic heterocycles. The van der Waals surface area contributed by atoms with Crippen LogP contribution in [-0.4, -0.2) is 46.4 Å².